The number of aromatic amines is 1. The number of rotatable bonds is 6. The van der Waals surface area contributed by atoms with Crippen LogP contribution in [0.15, 0.2) is 84.1 Å². The summed E-state index contributed by atoms with van der Waals surface area (Å²) in [5, 5.41) is 11.1. The van der Waals surface area contributed by atoms with Crippen molar-refractivity contribution in [2.75, 3.05) is 14.1 Å². The number of thioether (sulfide) groups is 1. The number of hydrogen-bond acceptors (Lipinski definition) is 4. The highest BCUT2D eigenvalue weighted by atomic mass is 32.2. The quantitative estimate of drug-likeness (QED) is 0.325. The molecule has 5 aromatic rings. The Bertz CT molecular complexity index is 1470. The fourth-order valence-electron chi connectivity index (χ4n) is 3.98. The minimum atomic E-state index is 0.00173. The second kappa shape index (κ2) is 9.19. The first kappa shape index (κ1) is 22.0. The molecule has 34 heavy (non-hydrogen) atoms. The predicted octanol–water partition coefficient (Wildman–Crippen LogP) is 5.72. The van der Waals surface area contributed by atoms with E-state index in [0.29, 0.717) is 11.3 Å². The van der Waals surface area contributed by atoms with Crippen molar-refractivity contribution in [2.24, 2.45) is 0 Å². The van der Waals surface area contributed by atoms with Crippen LogP contribution in [0.4, 0.5) is 0 Å². The van der Waals surface area contributed by atoms with Crippen molar-refractivity contribution in [3.05, 3.63) is 95.7 Å². The number of amides is 1. The second-order valence-electron chi connectivity index (χ2n) is 8.36. The zero-order chi connectivity index (χ0) is 23.7. The second-order valence-corrected chi connectivity index (χ2v) is 9.30. The zero-order valence-electron chi connectivity index (χ0n) is 19.3. The maximum Gasteiger partial charge on any atom is 0.253 e. The molecule has 2 heterocycles. The lowest BCUT2D eigenvalue weighted by molar-refractivity contribution is 0.0827. The van der Waals surface area contributed by atoms with Crippen LogP contribution in [0, 0.1) is 6.92 Å². The summed E-state index contributed by atoms with van der Waals surface area (Å²) in [5.41, 5.74) is 6.10. The SMILES string of the molecule is Cc1ccccc1-n1c(SCc2ccc(C(=O)N(C)C)cc2)nnc1-c1c[nH]c2ccccc12. The van der Waals surface area contributed by atoms with E-state index in [4.69, 9.17) is 0 Å². The third kappa shape index (κ3) is 4.10. The topological polar surface area (TPSA) is 66.8 Å². The molecule has 0 unspecified atom stereocenters. The van der Waals surface area contributed by atoms with E-state index in [0.717, 1.165) is 44.3 Å². The van der Waals surface area contributed by atoms with E-state index in [1.165, 1.54) is 0 Å². The molecule has 0 spiro atoms. The molecule has 0 atom stereocenters. The lowest BCUT2D eigenvalue weighted by Crippen LogP contribution is -2.21. The van der Waals surface area contributed by atoms with Crippen LogP contribution in [0.2, 0.25) is 0 Å². The lowest BCUT2D eigenvalue weighted by Gasteiger charge is -2.13. The molecule has 1 amide bonds. The van der Waals surface area contributed by atoms with Gasteiger partial charge in [-0.2, -0.15) is 0 Å². The summed E-state index contributed by atoms with van der Waals surface area (Å²) in [6.45, 7) is 2.10. The van der Waals surface area contributed by atoms with Gasteiger partial charge in [-0.3, -0.25) is 9.36 Å². The number of carbonyl (C=O) groups excluding carboxylic acids is 1. The smallest absolute Gasteiger partial charge is 0.253 e. The van der Waals surface area contributed by atoms with E-state index >= 15 is 0 Å². The van der Waals surface area contributed by atoms with E-state index in [9.17, 15) is 4.79 Å². The maximum atomic E-state index is 12.2. The van der Waals surface area contributed by atoms with Gasteiger partial charge < -0.3 is 9.88 Å². The van der Waals surface area contributed by atoms with Crippen molar-refractivity contribution in [1.82, 2.24) is 24.6 Å². The predicted molar refractivity (Wildman–Crippen MR) is 137 cm³/mol. The molecule has 0 fully saturated rings. The number of fused-ring (bicyclic) bond motifs is 1. The summed E-state index contributed by atoms with van der Waals surface area (Å²) >= 11 is 1.63. The molecule has 6 nitrogen and oxygen atoms in total. The summed E-state index contributed by atoms with van der Waals surface area (Å²) in [7, 11) is 3.52. The lowest BCUT2D eigenvalue weighted by atomic mass is 10.1. The number of H-pyrrole nitrogens is 1. The third-order valence-electron chi connectivity index (χ3n) is 5.79. The van der Waals surface area contributed by atoms with Gasteiger partial charge in [-0.1, -0.05) is 60.3 Å². The number of nitrogens with one attached hydrogen (secondary N) is 1. The number of hydrogen-bond donors (Lipinski definition) is 1. The van der Waals surface area contributed by atoms with Crippen molar-refractivity contribution >= 4 is 28.6 Å². The number of nitrogens with zero attached hydrogens (tertiary/aromatic N) is 4. The van der Waals surface area contributed by atoms with Gasteiger partial charge in [-0.05, 0) is 42.3 Å². The molecule has 5 rings (SSSR count). The molecule has 0 aliphatic heterocycles. The van der Waals surface area contributed by atoms with Crippen molar-refractivity contribution in [3.8, 4) is 17.1 Å². The fourth-order valence-corrected chi connectivity index (χ4v) is 4.88. The van der Waals surface area contributed by atoms with Crippen LogP contribution >= 0.6 is 11.8 Å². The monoisotopic (exact) mass is 467 g/mol. The van der Waals surface area contributed by atoms with Crippen LogP contribution in [0.3, 0.4) is 0 Å². The molecule has 0 aliphatic rings. The molecule has 0 saturated heterocycles. The van der Waals surface area contributed by atoms with E-state index in [1.54, 1.807) is 30.8 Å². The highest BCUT2D eigenvalue weighted by molar-refractivity contribution is 7.98. The van der Waals surface area contributed by atoms with Gasteiger partial charge in [0.25, 0.3) is 5.91 Å². The van der Waals surface area contributed by atoms with Crippen molar-refractivity contribution in [1.29, 1.82) is 0 Å². The first-order chi connectivity index (χ1) is 16.5. The Balaban J connectivity index is 1.51. The van der Waals surface area contributed by atoms with Crippen LogP contribution in [0.25, 0.3) is 28.0 Å². The summed E-state index contributed by atoms with van der Waals surface area (Å²) in [6.07, 6.45) is 2.00. The molecule has 1 N–H and O–H groups in total. The van der Waals surface area contributed by atoms with Crippen LogP contribution in [0.5, 0.6) is 0 Å². The van der Waals surface area contributed by atoms with Gasteiger partial charge in [-0.15, -0.1) is 10.2 Å². The van der Waals surface area contributed by atoms with Gasteiger partial charge in [0.15, 0.2) is 11.0 Å². The minimum Gasteiger partial charge on any atom is -0.360 e. The summed E-state index contributed by atoms with van der Waals surface area (Å²) in [6, 6.07) is 24.2. The number of carbonyl (C=O) groups is 1. The fraction of sp³-hybridized carbons (Fsp3) is 0.148. The average molecular weight is 468 g/mol. The summed E-state index contributed by atoms with van der Waals surface area (Å²) in [5.74, 6) is 1.52. The first-order valence-corrected chi connectivity index (χ1v) is 12.0. The highest BCUT2D eigenvalue weighted by Crippen LogP contribution is 2.34. The largest absolute Gasteiger partial charge is 0.360 e. The Kier molecular flexibility index (Phi) is 5.94. The molecular formula is C27H25N5OS. The number of aromatic nitrogens is 4. The molecule has 3 aromatic carbocycles. The van der Waals surface area contributed by atoms with Gasteiger partial charge in [0.2, 0.25) is 0 Å². The Labute approximate surface area is 202 Å². The van der Waals surface area contributed by atoms with Gasteiger partial charge in [0, 0.05) is 48.1 Å². The highest BCUT2D eigenvalue weighted by Gasteiger charge is 2.20. The Morgan fingerprint density at radius 3 is 2.47 bits per heavy atom. The van der Waals surface area contributed by atoms with Crippen LogP contribution in [-0.2, 0) is 5.75 Å². The standard InChI is InChI=1S/C27H25N5OS/c1-18-8-4-7-11-24(18)32-25(22-16-28-23-10-6-5-9-21(22)23)29-30-27(32)34-17-19-12-14-20(15-13-19)26(33)31(2)3/h4-16,28H,17H2,1-3H3. The van der Waals surface area contributed by atoms with Crippen molar-refractivity contribution in [2.45, 2.75) is 17.8 Å². The number of para-hydroxylation sites is 2. The number of benzene rings is 3. The summed E-state index contributed by atoms with van der Waals surface area (Å²) in [4.78, 5) is 17.1. The van der Waals surface area contributed by atoms with E-state index in [1.807, 2.05) is 54.7 Å². The molecule has 0 aliphatic carbocycles. The van der Waals surface area contributed by atoms with Crippen molar-refractivity contribution < 1.29 is 4.79 Å². The van der Waals surface area contributed by atoms with Crippen LogP contribution in [-0.4, -0.2) is 44.7 Å². The zero-order valence-corrected chi connectivity index (χ0v) is 20.1. The normalized spacial score (nSPS) is 11.1. The van der Waals surface area contributed by atoms with Gasteiger partial charge in [0.05, 0.1) is 5.69 Å². The Morgan fingerprint density at radius 1 is 0.971 bits per heavy atom. The third-order valence-corrected chi connectivity index (χ3v) is 6.79. The minimum absolute atomic E-state index is 0.00173. The van der Waals surface area contributed by atoms with Gasteiger partial charge in [0.1, 0.15) is 0 Å². The Morgan fingerprint density at radius 2 is 1.71 bits per heavy atom. The number of aryl methyl sites for hydroxylation is 1. The molecule has 7 heteroatoms. The van der Waals surface area contributed by atoms with Gasteiger partial charge >= 0.3 is 0 Å². The molecule has 0 bridgehead atoms. The first-order valence-electron chi connectivity index (χ1n) is 11.0. The average Bonchev–Trinajstić information content (AvgIpc) is 3.47. The van der Waals surface area contributed by atoms with E-state index in [2.05, 4.69) is 50.9 Å². The molecule has 2 aromatic heterocycles. The molecule has 0 saturated carbocycles. The molecule has 170 valence electrons. The van der Waals surface area contributed by atoms with E-state index < -0.39 is 0 Å². The van der Waals surface area contributed by atoms with Crippen molar-refractivity contribution in [3.63, 3.8) is 0 Å². The maximum absolute atomic E-state index is 12.2. The van der Waals surface area contributed by atoms with Crippen LogP contribution < -0.4 is 0 Å². The Hall–Kier alpha value is -3.84. The summed E-state index contributed by atoms with van der Waals surface area (Å²) < 4.78 is 2.14. The van der Waals surface area contributed by atoms with E-state index in [-0.39, 0.29) is 5.91 Å². The van der Waals surface area contributed by atoms with Gasteiger partial charge in [-0.25, -0.2) is 0 Å². The van der Waals surface area contributed by atoms with Crippen LogP contribution in [0.1, 0.15) is 21.5 Å². The molecule has 0 radical (unpaired) electrons. The molecular weight excluding hydrogens is 442 g/mol.